The number of hydrogen-bond acceptors (Lipinski definition) is 6. The van der Waals surface area contributed by atoms with Crippen molar-refractivity contribution < 1.29 is 23.9 Å². The van der Waals surface area contributed by atoms with Gasteiger partial charge in [0.25, 0.3) is 0 Å². The molecule has 1 aromatic heterocycles. The smallest absolute Gasteiger partial charge is 0.305 e. The molecule has 2 unspecified atom stereocenters. The fourth-order valence-electron chi connectivity index (χ4n) is 4.57. The Kier molecular flexibility index (Phi) is 9.51. The number of hydrogen-bond donors (Lipinski definition) is 3. The molecule has 0 fully saturated rings. The minimum absolute atomic E-state index is 0.163. The standard InChI is InChI=1S/C31H31FN4O4/c32-25-14-12-23(13-15-25)22-8-10-24(11-9-22)26(20-30(39)40)36-29(38)21-31(16-5-19-35-31)27(37)6-1-3-17-33-28-7-2-4-18-34-28/h2,4-5,7-16,18-19,26H,1,3,6,17,20-21H2,(H,33,34)(H,36,38)(H,39,40). The molecule has 1 aliphatic rings. The van der Waals surface area contributed by atoms with Crippen molar-refractivity contribution in [1.29, 1.82) is 0 Å². The van der Waals surface area contributed by atoms with E-state index in [0.717, 1.165) is 23.4 Å². The number of nitrogens with zero attached hydrogens (tertiary/aromatic N) is 2. The normalized spacial score (nSPS) is 16.4. The zero-order valence-corrected chi connectivity index (χ0v) is 21.9. The number of benzene rings is 2. The Morgan fingerprint density at radius 3 is 2.30 bits per heavy atom. The molecule has 2 heterocycles. The maximum Gasteiger partial charge on any atom is 0.305 e. The molecule has 2 aromatic carbocycles. The van der Waals surface area contributed by atoms with Gasteiger partial charge in [0.15, 0.2) is 5.78 Å². The number of carboxylic acids is 1. The number of carbonyl (C=O) groups is 3. The minimum atomic E-state index is -1.29. The highest BCUT2D eigenvalue weighted by Crippen LogP contribution is 2.28. The average Bonchev–Trinajstić information content (AvgIpc) is 3.43. The van der Waals surface area contributed by atoms with Crippen molar-refractivity contribution in [3.63, 3.8) is 0 Å². The van der Waals surface area contributed by atoms with Crippen LogP contribution in [-0.4, -0.2) is 46.0 Å². The molecule has 2 atom stereocenters. The van der Waals surface area contributed by atoms with Gasteiger partial charge < -0.3 is 15.7 Å². The third kappa shape index (κ3) is 7.69. The van der Waals surface area contributed by atoms with E-state index in [1.165, 1.54) is 18.3 Å². The predicted molar refractivity (Wildman–Crippen MR) is 152 cm³/mol. The van der Waals surface area contributed by atoms with Crippen molar-refractivity contribution in [2.75, 3.05) is 11.9 Å². The van der Waals surface area contributed by atoms with Crippen molar-refractivity contribution in [3.8, 4) is 11.1 Å². The summed E-state index contributed by atoms with van der Waals surface area (Å²) in [6.07, 6.45) is 7.56. The highest BCUT2D eigenvalue weighted by Gasteiger charge is 2.38. The molecule has 3 aromatic rings. The van der Waals surface area contributed by atoms with Crippen LogP contribution in [0.25, 0.3) is 11.1 Å². The van der Waals surface area contributed by atoms with E-state index in [1.807, 2.05) is 18.2 Å². The number of aromatic nitrogens is 1. The maximum absolute atomic E-state index is 13.3. The number of Topliss-reactive ketones (excluding diaryl/α,β-unsaturated/α-hetero) is 1. The molecule has 40 heavy (non-hydrogen) atoms. The summed E-state index contributed by atoms with van der Waals surface area (Å²) in [5.74, 6) is -1.27. The van der Waals surface area contributed by atoms with Gasteiger partial charge in [-0.25, -0.2) is 9.37 Å². The van der Waals surface area contributed by atoms with Gasteiger partial charge >= 0.3 is 5.97 Å². The Morgan fingerprint density at radius 1 is 0.950 bits per heavy atom. The summed E-state index contributed by atoms with van der Waals surface area (Å²) in [6.45, 7) is 0.660. The molecule has 206 valence electrons. The van der Waals surface area contributed by atoms with Crippen LogP contribution in [-0.2, 0) is 14.4 Å². The maximum atomic E-state index is 13.3. The van der Waals surface area contributed by atoms with Crippen LogP contribution in [0, 0.1) is 5.82 Å². The molecule has 8 nitrogen and oxygen atoms in total. The molecule has 3 N–H and O–H groups in total. The van der Waals surface area contributed by atoms with Gasteiger partial charge in [-0.2, -0.15) is 0 Å². The number of nitrogens with one attached hydrogen (secondary N) is 2. The summed E-state index contributed by atoms with van der Waals surface area (Å²) < 4.78 is 13.3. The van der Waals surface area contributed by atoms with Gasteiger partial charge in [-0.05, 0) is 65.9 Å². The molecule has 0 radical (unpaired) electrons. The number of unbranched alkanes of at least 4 members (excludes halogenated alkanes) is 1. The number of halogens is 1. The average molecular weight is 543 g/mol. The topological polar surface area (TPSA) is 121 Å². The first-order valence-corrected chi connectivity index (χ1v) is 13.1. The summed E-state index contributed by atoms with van der Waals surface area (Å²) in [5.41, 5.74) is 0.950. The Bertz CT molecular complexity index is 1360. The Balaban J connectivity index is 1.35. The first-order chi connectivity index (χ1) is 19.3. The van der Waals surface area contributed by atoms with Gasteiger partial charge in [0.1, 0.15) is 17.2 Å². The molecule has 1 aliphatic heterocycles. The van der Waals surface area contributed by atoms with Gasteiger partial charge in [0.05, 0.1) is 18.9 Å². The number of rotatable bonds is 14. The van der Waals surface area contributed by atoms with Crippen LogP contribution in [0.1, 0.15) is 43.7 Å². The molecule has 0 aliphatic carbocycles. The van der Waals surface area contributed by atoms with Crippen molar-refractivity contribution >= 4 is 29.7 Å². The summed E-state index contributed by atoms with van der Waals surface area (Å²) >= 11 is 0. The fraction of sp³-hybridized carbons (Fsp3) is 0.258. The number of ketones is 1. The van der Waals surface area contributed by atoms with E-state index in [2.05, 4.69) is 20.6 Å². The highest BCUT2D eigenvalue weighted by molar-refractivity contribution is 5.99. The number of allylic oxidation sites excluding steroid dienone is 1. The third-order valence-electron chi connectivity index (χ3n) is 6.68. The van der Waals surface area contributed by atoms with E-state index in [-0.39, 0.29) is 30.9 Å². The Labute approximate surface area is 232 Å². The summed E-state index contributed by atoms with van der Waals surface area (Å²) in [4.78, 5) is 46.4. The van der Waals surface area contributed by atoms with Gasteiger partial charge in [-0.3, -0.25) is 19.4 Å². The van der Waals surface area contributed by atoms with Crippen molar-refractivity contribution in [1.82, 2.24) is 10.3 Å². The van der Waals surface area contributed by atoms with Gasteiger partial charge in [-0.15, -0.1) is 0 Å². The van der Waals surface area contributed by atoms with Crippen LogP contribution < -0.4 is 10.6 Å². The number of anilines is 1. The highest BCUT2D eigenvalue weighted by atomic mass is 19.1. The number of aliphatic carboxylic acids is 1. The van der Waals surface area contributed by atoms with E-state index in [9.17, 15) is 23.9 Å². The van der Waals surface area contributed by atoms with Crippen LogP contribution in [0.2, 0.25) is 0 Å². The zero-order valence-electron chi connectivity index (χ0n) is 21.9. The second kappa shape index (κ2) is 13.4. The number of amides is 1. The lowest BCUT2D eigenvalue weighted by Gasteiger charge is -2.24. The third-order valence-corrected chi connectivity index (χ3v) is 6.68. The zero-order chi connectivity index (χ0) is 28.4. The lowest BCUT2D eigenvalue weighted by atomic mass is 9.87. The molecular formula is C31H31FN4O4. The van der Waals surface area contributed by atoms with Crippen LogP contribution in [0.3, 0.4) is 0 Å². The van der Waals surface area contributed by atoms with E-state index >= 15 is 0 Å². The lowest BCUT2D eigenvalue weighted by molar-refractivity contribution is -0.138. The first-order valence-electron chi connectivity index (χ1n) is 13.1. The second-order valence-corrected chi connectivity index (χ2v) is 9.61. The van der Waals surface area contributed by atoms with Crippen LogP contribution in [0.5, 0.6) is 0 Å². The summed E-state index contributed by atoms with van der Waals surface area (Å²) in [6, 6.07) is 17.9. The lowest BCUT2D eigenvalue weighted by Crippen LogP contribution is -2.41. The van der Waals surface area contributed by atoms with Gasteiger partial charge in [-0.1, -0.05) is 42.5 Å². The molecular weight excluding hydrogens is 511 g/mol. The van der Waals surface area contributed by atoms with E-state index in [4.69, 9.17) is 0 Å². The minimum Gasteiger partial charge on any atom is -0.481 e. The fourth-order valence-corrected chi connectivity index (χ4v) is 4.57. The van der Waals surface area contributed by atoms with E-state index in [0.29, 0.717) is 18.5 Å². The molecule has 0 saturated heterocycles. The number of carboxylic acid groups (broad SMARTS) is 1. The van der Waals surface area contributed by atoms with Crippen molar-refractivity contribution in [2.45, 2.75) is 43.7 Å². The van der Waals surface area contributed by atoms with Gasteiger partial charge in [0, 0.05) is 25.4 Å². The largest absolute Gasteiger partial charge is 0.481 e. The molecule has 9 heteroatoms. The molecule has 1 amide bonds. The van der Waals surface area contributed by atoms with Gasteiger partial charge in [0.2, 0.25) is 5.91 Å². The first kappa shape index (κ1) is 28.4. The quantitative estimate of drug-likeness (QED) is 0.243. The van der Waals surface area contributed by atoms with Crippen molar-refractivity contribution in [2.24, 2.45) is 4.99 Å². The second-order valence-electron chi connectivity index (χ2n) is 9.61. The Morgan fingerprint density at radius 2 is 1.68 bits per heavy atom. The number of pyridine rings is 1. The number of aliphatic imine (C=N–C) groups is 1. The van der Waals surface area contributed by atoms with Crippen molar-refractivity contribution in [3.05, 3.63) is 96.5 Å². The predicted octanol–water partition coefficient (Wildman–Crippen LogP) is 5.14. The molecule has 0 saturated carbocycles. The monoisotopic (exact) mass is 542 g/mol. The Hall–Kier alpha value is -4.66. The van der Waals surface area contributed by atoms with Crippen LogP contribution in [0.15, 0.2) is 90.1 Å². The van der Waals surface area contributed by atoms with Crippen LogP contribution >= 0.6 is 0 Å². The van der Waals surface area contributed by atoms with E-state index < -0.39 is 23.5 Å². The van der Waals surface area contributed by atoms with E-state index in [1.54, 1.807) is 54.7 Å². The summed E-state index contributed by atoms with van der Waals surface area (Å²) in [5, 5.41) is 15.5. The summed E-state index contributed by atoms with van der Waals surface area (Å²) in [7, 11) is 0. The molecule has 4 rings (SSSR count). The molecule has 0 bridgehead atoms. The number of carbonyl (C=O) groups excluding carboxylic acids is 2. The molecule has 0 spiro atoms. The SMILES string of the molecule is O=C(O)CC(NC(=O)CC1(C(=O)CCCCNc2ccccn2)C=CC=N1)c1ccc(-c2ccc(F)cc2)cc1. The van der Waals surface area contributed by atoms with Crippen LogP contribution in [0.4, 0.5) is 10.2 Å².